The molecule has 23 heavy (non-hydrogen) atoms. The fraction of sp³-hybridized carbons (Fsp3) is 0.500. The monoisotopic (exact) mass is 313 g/mol. The highest BCUT2D eigenvalue weighted by atomic mass is 16.5. The fourth-order valence-electron chi connectivity index (χ4n) is 3.06. The Kier molecular flexibility index (Phi) is 3.48. The summed E-state index contributed by atoms with van der Waals surface area (Å²) in [5.74, 6) is 0.931. The number of rotatable bonds is 4. The van der Waals surface area contributed by atoms with E-state index in [1.807, 2.05) is 15.8 Å². The number of pyridine rings is 1. The molecule has 0 aromatic carbocycles. The molecule has 1 amide bonds. The molecule has 2 aromatic heterocycles. The van der Waals surface area contributed by atoms with Crippen molar-refractivity contribution in [1.29, 1.82) is 0 Å². The van der Waals surface area contributed by atoms with Crippen LogP contribution in [0.4, 0.5) is 0 Å². The van der Waals surface area contributed by atoms with Gasteiger partial charge in [-0.15, -0.1) is 5.10 Å². The molecule has 120 valence electrons. The van der Waals surface area contributed by atoms with Crippen molar-refractivity contribution in [2.45, 2.75) is 31.2 Å². The third kappa shape index (κ3) is 2.67. The van der Waals surface area contributed by atoms with Gasteiger partial charge < -0.3 is 9.64 Å². The number of aromatic nitrogens is 4. The van der Waals surface area contributed by atoms with E-state index < -0.39 is 0 Å². The summed E-state index contributed by atoms with van der Waals surface area (Å²) in [5, 5.41) is 8.51. The highest BCUT2D eigenvalue weighted by Gasteiger charge is 2.32. The Morgan fingerprint density at radius 3 is 3.00 bits per heavy atom. The topological polar surface area (TPSA) is 73.1 Å². The molecule has 4 rings (SSSR count). The maximum absolute atomic E-state index is 12.7. The molecule has 0 N–H and O–H groups in total. The molecule has 1 aliphatic carbocycles. The molecule has 7 heteroatoms. The van der Waals surface area contributed by atoms with Gasteiger partial charge in [-0.05, 0) is 31.4 Å². The summed E-state index contributed by atoms with van der Waals surface area (Å²) in [6.45, 7) is 1.35. The van der Waals surface area contributed by atoms with Crippen LogP contribution in [0.1, 0.15) is 47.3 Å². The molecule has 2 aliphatic rings. The molecule has 0 bridgehead atoms. The lowest BCUT2D eigenvalue weighted by Gasteiger charge is -2.17. The molecule has 1 saturated carbocycles. The Morgan fingerprint density at radius 1 is 1.35 bits per heavy atom. The van der Waals surface area contributed by atoms with Crippen LogP contribution in [0.15, 0.2) is 24.5 Å². The first-order chi connectivity index (χ1) is 11.3. The summed E-state index contributed by atoms with van der Waals surface area (Å²) in [7, 11) is 1.53. The van der Waals surface area contributed by atoms with Gasteiger partial charge in [0.25, 0.3) is 5.91 Å². The number of ether oxygens (including phenoxy) is 1. The van der Waals surface area contributed by atoms with E-state index in [4.69, 9.17) is 4.74 Å². The van der Waals surface area contributed by atoms with Gasteiger partial charge in [0, 0.05) is 31.4 Å². The third-order valence-electron chi connectivity index (χ3n) is 4.54. The van der Waals surface area contributed by atoms with E-state index in [0.29, 0.717) is 30.5 Å². The molecule has 2 fully saturated rings. The molecule has 2 aromatic rings. The van der Waals surface area contributed by atoms with E-state index in [9.17, 15) is 4.79 Å². The number of methoxy groups -OCH3 is 1. The van der Waals surface area contributed by atoms with E-state index in [0.717, 1.165) is 12.1 Å². The van der Waals surface area contributed by atoms with Crippen molar-refractivity contribution >= 4 is 5.91 Å². The third-order valence-corrected chi connectivity index (χ3v) is 4.54. The number of carbonyl (C=O) groups excluding carboxylic acids is 1. The molecule has 3 heterocycles. The zero-order valence-electron chi connectivity index (χ0n) is 13.1. The maximum atomic E-state index is 12.7. The quantitative estimate of drug-likeness (QED) is 0.858. The summed E-state index contributed by atoms with van der Waals surface area (Å²) >= 11 is 0. The van der Waals surface area contributed by atoms with Crippen LogP contribution in [0.2, 0.25) is 0 Å². The number of nitrogens with zero attached hydrogens (tertiary/aromatic N) is 5. The zero-order valence-corrected chi connectivity index (χ0v) is 13.1. The van der Waals surface area contributed by atoms with Crippen molar-refractivity contribution in [1.82, 2.24) is 24.9 Å². The average Bonchev–Trinajstić information content (AvgIpc) is 3.13. The summed E-state index contributed by atoms with van der Waals surface area (Å²) in [5.41, 5.74) is 1.59. The van der Waals surface area contributed by atoms with Gasteiger partial charge in [0.15, 0.2) is 0 Å². The Hall–Kier alpha value is -2.44. The van der Waals surface area contributed by atoms with Gasteiger partial charge >= 0.3 is 0 Å². The summed E-state index contributed by atoms with van der Waals surface area (Å²) < 4.78 is 7.11. The van der Waals surface area contributed by atoms with Crippen LogP contribution in [0.5, 0.6) is 5.88 Å². The summed E-state index contributed by atoms with van der Waals surface area (Å²) in [4.78, 5) is 18.6. The number of likely N-dealkylation sites (tertiary alicyclic amines) is 1. The first kappa shape index (κ1) is 14.2. The second-order valence-corrected chi connectivity index (χ2v) is 6.15. The smallest absolute Gasteiger partial charge is 0.259 e. The Balaban J connectivity index is 1.47. The van der Waals surface area contributed by atoms with Crippen LogP contribution in [-0.4, -0.2) is 51.0 Å². The predicted molar refractivity (Wildman–Crippen MR) is 82.3 cm³/mol. The second-order valence-electron chi connectivity index (χ2n) is 6.15. The minimum atomic E-state index is -0.0417. The van der Waals surface area contributed by atoms with Gasteiger partial charge in [0.05, 0.1) is 18.8 Å². The van der Waals surface area contributed by atoms with Gasteiger partial charge in [0.2, 0.25) is 5.88 Å². The highest BCUT2D eigenvalue weighted by molar-refractivity contribution is 5.96. The largest absolute Gasteiger partial charge is 0.480 e. The van der Waals surface area contributed by atoms with Gasteiger partial charge in [0.1, 0.15) is 5.56 Å². The molecule has 0 spiro atoms. The minimum absolute atomic E-state index is 0.0417. The second kappa shape index (κ2) is 5.64. The molecule has 1 atom stereocenters. The van der Waals surface area contributed by atoms with Crippen LogP contribution >= 0.6 is 0 Å². The van der Waals surface area contributed by atoms with Crippen LogP contribution in [0, 0.1) is 0 Å². The fourth-order valence-corrected chi connectivity index (χ4v) is 3.06. The normalized spacial score (nSPS) is 20.7. The molecule has 1 aliphatic heterocycles. The maximum Gasteiger partial charge on any atom is 0.259 e. The first-order valence-electron chi connectivity index (χ1n) is 7.96. The SMILES string of the molecule is COc1ncccc1C(=O)N1CCC(n2cc(C3CC3)nn2)C1. The van der Waals surface area contributed by atoms with E-state index >= 15 is 0 Å². The van der Waals surface area contributed by atoms with Crippen molar-refractivity contribution < 1.29 is 9.53 Å². The van der Waals surface area contributed by atoms with Gasteiger partial charge in [-0.2, -0.15) is 0 Å². The summed E-state index contributed by atoms with van der Waals surface area (Å²) in [6, 6.07) is 3.70. The number of hydrogen-bond donors (Lipinski definition) is 0. The number of carbonyl (C=O) groups is 1. The van der Waals surface area contributed by atoms with Crippen LogP contribution in [0.3, 0.4) is 0 Å². The Labute approximate surface area is 134 Å². The molecule has 1 saturated heterocycles. The van der Waals surface area contributed by atoms with Crippen molar-refractivity contribution in [2.24, 2.45) is 0 Å². The lowest BCUT2D eigenvalue weighted by atomic mass is 10.2. The van der Waals surface area contributed by atoms with Crippen molar-refractivity contribution in [3.05, 3.63) is 35.8 Å². The van der Waals surface area contributed by atoms with E-state index in [-0.39, 0.29) is 11.9 Å². The standard InChI is InChI=1S/C16H19N5O2/c1-23-15-13(3-2-7-17-15)16(22)20-8-6-12(9-20)21-10-14(18-19-21)11-4-5-11/h2-3,7,10-12H,4-6,8-9H2,1H3. The molecule has 7 nitrogen and oxygen atoms in total. The lowest BCUT2D eigenvalue weighted by molar-refractivity contribution is 0.0782. The minimum Gasteiger partial charge on any atom is -0.480 e. The average molecular weight is 313 g/mol. The number of amides is 1. The van der Waals surface area contributed by atoms with Crippen LogP contribution in [0.25, 0.3) is 0 Å². The Morgan fingerprint density at radius 2 is 2.22 bits per heavy atom. The lowest BCUT2D eigenvalue weighted by Crippen LogP contribution is -2.29. The first-order valence-corrected chi connectivity index (χ1v) is 7.96. The zero-order chi connectivity index (χ0) is 15.8. The summed E-state index contributed by atoms with van der Waals surface area (Å²) in [6.07, 6.45) is 6.99. The van der Waals surface area contributed by atoms with Gasteiger partial charge in [-0.25, -0.2) is 9.67 Å². The van der Waals surface area contributed by atoms with E-state index in [2.05, 4.69) is 15.3 Å². The van der Waals surface area contributed by atoms with Crippen LogP contribution in [-0.2, 0) is 0 Å². The van der Waals surface area contributed by atoms with E-state index in [1.165, 1.54) is 20.0 Å². The van der Waals surface area contributed by atoms with E-state index in [1.54, 1.807) is 18.3 Å². The molecular weight excluding hydrogens is 294 g/mol. The van der Waals surface area contributed by atoms with Gasteiger partial charge in [-0.1, -0.05) is 5.21 Å². The molecule has 0 radical (unpaired) electrons. The van der Waals surface area contributed by atoms with Crippen molar-refractivity contribution in [3.8, 4) is 5.88 Å². The molecular formula is C16H19N5O2. The highest BCUT2D eigenvalue weighted by Crippen LogP contribution is 2.39. The predicted octanol–water partition coefficient (Wildman–Crippen LogP) is 1.65. The number of hydrogen-bond acceptors (Lipinski definition) is 5. The molecule has 1 unspecified atom stereocenters. The van der Waals surface area contributed by atoms with Crippen LogP contribution < -0.4 is 4.74 Å². The van der Waals surface area contributed by atoms with Crippen molar-refractivity contribution in [2.75, 3.05) is 20.2 Å². The van der Waals surface area contributed by atoms with Crippen molar-refractivity contribution in [3.63, 3.8) is 0 Å². The van der Waals surface area contributed by atoms with Gasteiger partial charge in [-0.3, -0.25) is 4.79 Å². The Bertz CT molecular complexity index is 725.